The van der Waals surface area contributed by atoms with Gasteiger partial charge in [0.05, 0.1) is 11.8 Å². The summed E-state index contributed by atoms with van der Waals surface area (Å²) in [6.07, 6.45) is 10.6. The molecule has 0 aliphatic heterocycles. The van der Waals surface area contributed by atoms with E-state index in [4.69, 9.17) is 15.3 Å². The normalized spacial score (nSPS) is 13.6. The molecule has 0 aliphatic rings. The molecule has 0 amide bonds. The second-order valence-corrected chi connectivity index (χ2v) is 8.85. The first kappa shape index (κ1) is 39.5. The second-order valence-electron chi connectivity index (χ2n) is 7.86. The van der Waals surface area contributed by atoms with Crippen molar-refractivity contribution in [2.45, 2.75) is 123 Å². The molecule has 0 aliphatic carbocycles. The maximum atomic E-state index is 10.7. The Morgan fingerprint density at radius 2 is 1.06 bits per heavy atom. The summed E-state index contributed by atoms with van der Waals surface area (Å²) in [6, 6.07) is 0. The van der Waals surface area contributed by atoms with Crippen LogP contribution >= 0.6 is 0 Å². The number of aliphatic carboxylic acids is 3. The minimum absolute atomic E-state index is 0. The SMILES string of the molecule is CCCCC(CC)C(=O)O.CCCCC(CC)C(=O)O.CCCC[C]([Co])(CC)C(=O)O.[Ce]. The van der Waals surface area contributed by atoms with E-state index >= 15 is 0 Å². The minimum atomic E-state index is -0.803. The van der Waals surface area contributed by atoms with Crippen LogP contribution in [0, 0.1) is 53.6 Å². The Balaban J connectivity index is -0.000000181. The van der Waals surface area contributed by atoms with Gasteiger partial charge in [-0.25, -0.2) is 0 Å². The molecular formula is C24H47CeCoO6. The maximum absolute atomic E-state index is 10.7. The van der Waals surface area contributed by atoms with Crippen LogP contribution in [0.1, 0.15) is 119 Å². The maximum Gasteiger partial charge on any atom is 0 e. The first-order valence-corrected chi connectivity index (χ1v) is 12.4. The van der Waals surface area contributed by atoms with Gasteiger partial charge >= 0.3 is 87.4 Å². The summed E-state index contributed by atoms with van der Waals surface area (Å²) < 4.78 is -0.803. The molecule has 0 bridgehead atoms. The van der Waals surface area contributed by atoms with Crippen molar-refractivity contribution in [2.24, 2.45) is 11.8 Å². The fraction of sp³-hybridized carbons (Fsp3) is 0.875. The molecule has 0 aromatic rings. The molecule has 0 rings (SSSR count). The molecule has 8 heteroatoms. The molecule has 32 heavy (non-hydrogen) atoms. The summed E-state index contributed by atoms with van der Waals surface area (Å²) in [4.78, 5) is 31.6. The number of carbonyl (C=O) groups is 3. The van der Waals surface area contributed by atoms with E-state index < -0.39 is 22.3 Å². The third-order valence-electron chi connectivity index (χ3n) is 5.33. The zero-order chi connectivity index (χ0) is 24.9. The average molecular weight is 631 g/mol. The van der Waals surface area contributed by atoms with Crippen LogP contribution in [0.15, 0.2) is 0 Å². The van der Waals surface area contributed by atoms with Gasteiger partial charge in [-0.15, -0.1) is 0 Å². The predicted octanol–water partition coefficient (Wildman–Crippen LogP) is 6.95. The number of carboxylic acids is 3. The topological polar surface area (TPSA) is 112 Å². The fourth-order valence-corrected chi connectivity index (χ4v) is 2.97. The van der Waals surface area contributed by atoms with E-state index in [2.05, 4.69) is 29.6 Å². The molecule has 0 aromatic carbocycles. The Labute approximate surface area is 238 Å². The van der Waals surface area contributed by atoms with Crippen LogP contribution < -0.4 is 0 Å². The van der Waals surface area contributed by atoms with Crippen molar-refractivity contribution in [2.75, 3.05) is 0 Å². The Hall–Kier alpha value is 0.293. The second kappa shape index (κ2) is 25.9. The van der Waals surface area contributed by atoms with Crippen LogP contribution in [0.4, 0.5) is 0 Å². The van der Waals surface area contributed by atoms with E-state index in [1.54, 1.807) is 0 Å². The Kier molecular flexibility index (Phi) is 32.0. The van der Waals surface area contributed by atoms with Crippen molar-refractivity contribution >= 4 is 17.9 Å². The van der Waals surface area contributed by atoms with Crippen LogP contribution in [0.5, 0.6) is 0 Å². The Bertz CT molecular complexity index is 449. The average Bonchev–Trinajstić information content (AvgIpc) is 2.73. The van der Waals surface area contributed by atoms with Gasteiger partial charge in [0, 0.05) is 41.7 Å². The first-order valence-electron chi connectivity index (χ1n) is 11.9. The molecule has 0 saturated carbocycles. The quantitative estimate of drug-likeness (QED) is 0.181. The van der Waals surface area contributed by atoms with Crippen LogP contribution in [0.25, 0.3) is 0 Å². The molecular weight excluding hydrogens is 583 g/mol. The van der Waals surface area contributed by atoms with Crippen molar-refractivity contribution in [3.05, 3.63) is 0 Å². The molecule has 3 atom stereocenters. The summed E-state index contributed by atoms with van der Waals surface area (Å²) >= 11 is 4.20. The zero-order valence-electron chi connectivity index (χ0n) is 21.0. The first-order chi connectivity index (χ1) is 14.5. The predicted molar refractivity (Wildman–Crippen MR) is 122 cm³/mol. The van der Waals surface area contributed by atoms with E-state index in [1.807, 2.05) is 27.7 Å². The van der Waals surface area contributed by atoms with Crippen LogP contribution in [-0.4, -0.2) is 33.2 Å². The van der Waals surface area contributed by atoms with Crippen LogP contribution in [-0.2, 0) is 30.1 Å². The van der Waals surface area contributed by atoms with Crippen molar-refractivity contribution in [1.82, 2.24) is 0 Å². The minimum Gasteiger partial charge on any atom is 0 e. The summed E-state index contributed by atoms with van der Waals surface area (Å²) in [5.74, 6) is -2.31. The fourth-order valence-electron chi connectivity index (χ4n) is 2.79. The summed E-state index contributed by atoms with van der Waals surface area (Å²) in [6.45, 7) is 11.9. The molecule has 6 nitrogen and oxygen atoms in total. The Morgan fingerprint density at radius 1 is 0.719 bits per heavy atom. The standard InChI is InChI=1S/2C8H16O2.C8H15O2.Ce.Co/c3*1-3-5-6-7(4-2)8(9)10;;/h2*7H,3-6H2,1-2H3,(H,9,10);3-6H2,1-2H3,(H,9,10);;. The van der Waals surface area contributed by atoms with Crippen LogP contribution in [0.3, 0.4) is 0 Å². The molecule has 0 spiro atoms. The molecule has 0 radical (unpaired) electrons. The number of hydrogen-bond acceptors (Lipinski definition) is 3. The van der Waals surface area contributed by atoms with Crippen molar-refractivity contribution < 1.29 is 87.2 Å². The molecule has 0 fully saturated rings. The number of hydrogen-bond donors (Lipinski definition) is 3. The van der Waals surface area contributed by atoms with E-state index in [0.29, 0.717) is 12.8 Å². The van der Waals surface area contributed by atoms with Gasteiger partial charge < -0.3 is 10.2 Å². The van der Waals surface area contributed by atoms with Gasteiger partial charge in [0.2, 0.25) is 0 Å². The van der Waals surface area contributed by atoms with Crippen LogP contribution in [0.2, 0.25) is 4.35 Å². The van der Waals surface area contributed by atoms with Gasteiger partial charge in [0.1, 0.15) is 0 Å². The van der Waals surface area contributed by atoms with Gasteiger partial charge in [-0.05, 0) is 25.7 Å². The molecule has 3 unspecified atom stereocenters. The zero-order valence-corrected chi connectivity index (χ0v) is 25.2. The molecule has 3 N–H and O–H groups in total. The number of rotatable bonds is 15. The smallest absolute Gasteiger partial charge is 0 e. The third kappa shape index (κ3) is 22.1. The monoisotopic (exact) mass is 630 g/mol. The van der Waals surface area contributed by atoms with Crippen molar-refractivity contribution in [3.8, 4) is 0 Å². The molecule has 0 heterocycles. The third-order valence-corrected chi connectivity index (χ3v) is 6.18. The molecule has 0 aromatic heterocycles. The van der Waals surface area contributed by atoms with Crippen molar-refractivity contribution in [1.29, 1.82) is 0 Å². The van der Waals surface area contributed by atoms with Crippen molar-refractivity contribution in [3.63, 3.8) is 0 Å². The summed E-state index contributed by atoms with van der Waals surface area (Å²) in [5.41, 5.74) is 0. The summed E-state index contributed by atoms with van der Waals surface area (Å²) in [7, 11) is 0. The van der Waals surface area contributed by atoms with E-state index in [0.717, 1.165) is 64.2 Å². The van der Waals surface area contributed by atoms with Gasteiger partial charge in [-0.2, -0.15) is 0 Å². The van der Waals surface area contributed by atoms with E-state index in [-0.39, 0.29) is 53.6 Å². The summed E-state index contributed by atoms with van der Waals surface area (Å²) in [5, 5.41) is 26.0. The van der Waals surface area contributed by atoms with Gasteiger partial charge in [0.15, 0.2) is 0 Å². The van der Waals surface area contributed by atoms with E-state index in [1.165, 1.54) is 0 Å². The number of unbranched alkanes of at least 4 members (excludes halogenated alkanes) is 3. The molecule has 0 saturated heterocycles. The largest absolute Gasteiger partial charge is 0 e. The van der Waals surface area contributed by atoms with Gasteiger partial charge in [-0.1, -0.05) is 53.4 Å². The Morgan fingerprint density at radius 3 is 1.25 bits per heavy atom. The molecule has 192 valence electrons. The number of carboxylic acid groups (broad SMARTS) is 3. The van der Waals surface area contributed by atoms with Gasteiger partial charge in [0.25, 0.3) is 0 Å². The van der Waals surface area contributed by atoms with Gasteiger partial charge in [-0.3, -0.25) is 9.59 Å². The van der Waals surface area contributed by atoms with E-state index in [9.17, 15) is 14.4 Å².